The topological polar surface area (TPSA) is 42.4 Å². The number of aromatic nitrogens is 1. The summed E-state index contributed by atoms with van der Waals surface area (Å²) in [6.45, 7) is 4.82. The van der Waals surface area contributed by atoms with E-state index in [9.17, 15) is 13.6 Å². The molecule has 0 spiro atoms. The molecular weight excluding hydrogens is 418 g/mol. The number of nitrogens with zero attached hydrogens (tertiary/aromatic N) is 2. The van der Waals surface area contributed by atoms with Crippen molar-refractivity contribution in [1.82, 2.24) is 9.88 Å². The Kier molecular flexibility index (Phi) is 6.82. The zero-order chi connectivity index (χ0) is 21.0. The largest absolute Gasteiger partial charge is 0.489 e. The minimum absolute atomic E-state index is 0.121. The fourth-order valence-corrected chi connectivity index (χ4v) is 3.79. The van der Waals surface area contributed by atoms with Crippen molar-refractivity contribution in [3.05, 3.63) is 69.7 Å². The molecule has 0 aliphatic heterocycles. The van der Waals surface area contributed by atoms with E-state index < -0.39 is 11.6 Å². The van der Waals surface area contributed by atoms with E-state index in [-0.39, 0.29) is 34.4 Å². The van der Waals surface area contributed by atoms with Crippen LogP contribution in [0.25, 0.3) is 10.6 Å². The molecule has 29 heavy (non-hydrogen) atoms. The van der Waals surface area contributed by atoms with E-state index in [0.29, 0.717) is 23.8 Å². The second-order valence-electron chi connectivity index (χ2n) is 6.15. The molecule has 8 heteroatoms. The van der Waals surface area contributed by atoms with E-state index in [1.807, 2.05) is 13.8 Å². The van der Waals surface area contributed by atoms with Gasteiger partial charge in [-0.05, 0) is 38.1 Å². The van der Waals surface area contributed by atoms with Gasteiger partial charge in [0.25, 0.3) is 5.91 Å². The lowest BCUT2D eigenvalue weighted by Gasteiger charge is -2.16. The Hall–Kier alpha value is -2.51. The molecule has 0 radical (unpaired) electrons. The van der Waals surface area contributed by atoms with Crippen LogP contribution in [-0.4, -0.2) is 28.9 Å². The first-order chi connectivity index (χ1) is 13.9. The van der Waals surface area contributed by atoms with E-state index in [4.69, 9.17) is 16.3 Å². The van der Waals surface area contributed by atoms with Gasteiger partial charge in [0.1, 0.15) is 34.7 Å². The monoisotopic (exact) mass is 436 g/mol. The summed E-state index contributed by atoms with van der Waals surface area (Å²) in [7, 11) is 0. The maximum atomic E-state index is 14.6. The average Bonchev–Trinajstić information content (AvgIpc) is 3.18. The Labute approximate surface area is 176 Å². The predicted octanol–water partition coefficient (Wildman–Crippen LogP) is 5.80. The molecule has 0 unspecified atom stereocenters. The Morgan fingerprint density at radius 1 is 1.17 bits per heavy atom. The third-order valence-corrected chi connectivity index (χ3v) is 5.62. The number of hydrogen-bond acceptors (Lipinski definition) is 4. The summed E-state index contributed by atoms with van der Waals surface area (Å²) in [6.07, 6.45) is 0. The zero-order valence-corrected chi connectivity index (χ0v) is 17.5. The van der Waals surface area contributed by atoms with Crippen molar-refractivity contribution in [2.24, 2.45) is 0 Å². The van der Waals surface area contributed by atoms with Crippen molar-refractivity contribution < 1.29 is 18.3 Å². The van der Waals surface area contributed by atoms with Crippen LogP contribution in [0.15, 0.2) is 41.8 Å². The van der Waals surface area contributed by atoms with E-state index >= 15 is 0 Å². The van der Waals surface area contributed by atoms with E-state index in [2.05, 4.69) is 4.98 Å². The van der Waals surface area contributed by atoms with Gasteiger partial charge in [0.15, 0.2) is 0 Å². The number of thiazole rings is 1. The Morgan fingerprint density at radius 3 is 2.59 bits per heavy atom. The van der Waals surface area contributed by atoms with Gasteiger partial charge >= 0.3 is 0 Å². The van der Waals surface area contributed by atoms with Crippen molar-refractivity contribution in [1.29, 1.82) is 0 Å². The number of carbonyl (C=O) groups excluding carboxylic acids is 1. The van der Waals surface area contributed by atoms with Crippen LogP contribution < -0.4 is 4.74 Å². The quantitative estimate of drug-likeness (QED) is 0.470. The summed E-state index contributed by atoms with van der Waals surface area (Å²) in [5.41, 5.74) is 0.769. The summed E-state index contributed by atoms with van der Waals surface area (Å²) in [6, 6.07) is 8.65. The van der Waals surface area contributed by atoms with Crippen LogP contribution in [0.5, 0.6) is 5.75 Å². The molecule has 0 atom stereocenters. The number of hydrogen-bond donors (Lipinski definition) is 0. The lowest BCUT2D eigenvalue weighted by Crippen LogP contribution is -2.30. The first-order valence-corrected chi connectivity index (χ1v) is 10.3. The number of carbonyl (C=O) groups is 1. The summed E-state index contributed by atoms with van der Waals surface area (Å²) in [5.74, 6) is -0.970. The molecule has 0 saturated carbocycles. The SMILES string of the molecule is CCN(CC)C(=O)c1csc(-c2ccc(OCc3c(F)cccc3Cl)cc2F)n1. The summed E-state index contributed by atoms with van der Waals surface area (Å²) in [4.78, 5) is 18.3. The minimum atomic E-state index is -0.543. The smallest absolute Gasteiger partial charge is 0.273 e. The molecule has 1 heterocycles. The highest BCUT2D eigenvalue weighted by Gasteiger charge is 2.18. The van der Waals surface area contributed by atoms with E-state index in [1.54, 1.807) is 22.4 Å². The molecule has 0 aliphatic carbocycles. The summed E-state index contributed by atoms with van der Waals surface area (Å²) < 4.78 is 33.9. The number of ether oxygens (including phenoxy) is 1. The molecule has 152 valence electrons. The lowest BCUT2D eigenvalue weighted by atomic mass is 10.2. The van der Waals surface area contributed by atoms with E-state index in [1.165, 1.54) is 35.6 Å². The zero-order valence-electron chi connectivity index (χ0n) is 15.9. The molecule has 0 bridgehead atoms. The van der Waals surface area contributed by atoms with Gasteiger partial charge in [-0.25, -0.2) is 13.8 Å². The van der Waals surface area contributed by atoms with Crippen molar-refractivity contribution in [2.45, 2.75) is 20.5 Å². The fraction of sp³-hybridized carbons (Fsp3) is 0.238. The molecule has 3 rings (SSSR count). The molecule has 1 amide bonds. The lowest BCUT2D eigenvalue weighted by molar-refractivity contribution is 0.0768. The van der Waals surface area contributed by atoms with Gasteiger partial charge in [0, 0.05) is 35.7 Å². The van der Waals surface area contributed by atoms with Crippen LogP contribution in [0.4, 0.5) is 8.78 Å². The van der Waals surface area contributed by atoms with Gasteiger partial charge in [0.05, 0.1) is 5.02 Å². The first-order valence-electron chi connectivity index (χ1n) is 9.05. The second kappa shape index (κ2) is 9.33. The van der Waals surface area contributed by atoms with Gasteiger partial charge in [-0.15, -0.1) is 11.3 Å². The highest BCUT2D eigenvalue weighted by Crippen LogP contribution is 2.30. The summed E-state index contributed by atoms with van der Waals surface area (Å²) >= 11 is 7.17. The molecule has 0 fully saturated rings. The maximum absolute atomic E-state index is 14.6. The Bertz CT molecular complexity index is 1000. The van der Waals surface area contributed by atoms with Crippen molar-refractivity contribution >= 4 is 28.8 Å². The Balaban J connectivity index is 1.76. The number of amides is 1. The van der Waals surface area contributed by atoms with Crippen LogP contribution in [0.2, 0.25) is 5.02 Å². The molecule has 0 N–H and O–H groups in total. The number of halogens is 3. The van der Waals surface area contributed by atoms with Crippen LogP contribution in [-0.2, 0) is 6.61 Å². The molecule has 3 aromatic rings. The first kappa shape index (κ1) is 21.2. The highest BCUT2D eigenvalue weighted by molar-refractivity contribution is 7.13. The summed E-state index contributed by atoms with van der Waals surface area (Å²) in [5, 5.41) is 2.27. The molecule has 1 aromatic heterocycles. The maximum Gasteiger partial charge on any atom is 0.273 e. The van der Waals surface area contributed by atoms with Gasteiger partial charge in [-0.1, -0.05) is 17.7 Å². The number of rotatable bonds is 7. The molecular formula is C21H19ClF2N2O2S. The molecule has 0 aliphatic rings. The predicted molar refractivity (Wildman–Crippen MR) is 111 cm³/mol. The molecule has 2 aromatic carbocycles. The van der Waals surface area contributed by atoms with Crippen LogP contribution in [0, 0.1) is 11.6 Å². The minimum Gasteiger partial charge on any atom is -0.489 e. The molecule has 4 nitrogen and oxygen atoms in total. The van der Waals surface area contributed by atoms with E-state index in [0.717, 1.165) is 0 Å². The average molecular weight is 437 g/mol. The van der Waals surface area contributed by atoms with Crippen molar-refractivity contribution in [2.75, 3.05) is 13.1 Å². The van der Waals surface area contributed by atoms with Crippen molar-refractivity contribution in [3.63, 3.8) is 0 Å². The van der Waals surface area contributed by atoms with Crippen LogP contribution in [0.3, 0.4) is 0 Å². The normalized spacial score (nSPS) is 10.8. The van der Waals surface area contributed by atoms with Crippen LogP contribution in [0.1, 0.15) is 29.9 Å². The standard InChI is InChI=1S/C21H19ClF2N2O2S/c1-3-26(4-2)21(27)19-12-29-20(25-19)14-9-8-13(10-18(14)24)28-11-15-16(22)6-5-7-17(15)23/h5-10,12H,3-4,11H2,1-2H3. The fourth-order valence-electron chi connectivity index (χ4n) is 2.75. The van der Waals surface area contributed by atoms with Gasteiger partial charge in [-0.2, -0.15) is 0 Å². The molecule has 0 saturated heterocycles. The third-order valence-electron chi connectivity index (χ3n) is 4.39. The highest BCUT2D eigenvalue weighted by atomic mass is 35.5. The van der Waals surface area contributed by atoms with Gasteiger partial charge < -0.3 is 9.64 Å². The third kappa shape index (κ3) is 4.74. The van der Waals surface area contributed by atoms with Crippen molar-refractivity contribution in [3.8, 4) is 16.3 Å². The van der Waals surface area contributed by atoms with Crippen LogP contribution >= 0.6 is 22.9 Å². The second-order valence-corrected chi connectivity index (χ2v) is 7.41. The van der Waals surface area contributed by atoms with Gasteiger partial charge in [-0.3, -0.25) is 4.79 Å². The number of benzene rings is 2. The Morgan fingerprint density at radius 2 is 1.93 bits per heavy atom. The van der Waals surface area contributed by atoms with Gasteiger partial charge in [0.2, 0.25) is 0 Å².